The molecule has 1 nitrogen and oxygen atoms in total. The third kappa shape index (κ3) is 1.71. The van der Waals surface area contributed by atoms with Crippen molar-refractivity contribution in [3.05, 3.63) is 0 Å². The maximum Gasteiger partial charge on any atom is 0.453 e. The molecular formula is C8H12F5N. The van der Waals surface area contributed by atoms with E-state index in [-0.39, 0.29) is 12.8 Å². The molecule has 0 aromatic rings. The zero-order chi connectivity index (χ0) is 11.2. The number of alkyl halides is 5. The van der Waals surface area contributed by atoms with Gasteiger partial charge in [-0.05, 0) is 26.8 Å². The van der Waals surface area contributed by atoms with E-state index >= 15 is 0 Å². The molecular weight excluding hydrogens is 205 g/mol. The Labute approximate surface area is 78.7 Å². The first kappa shape index (κ1) is 11.7. The SMILES string of the molecule is CNC1(C)CC(C(F)(F)C(F)(F)F)C1. The standard InChI is InChI=1S/C8H12F5N/c1-6(14-2)3-5(4-6)7(9,10)8(11,12)13/h5,14H,3-4H2,1-2H3. The van der Waals surface area contributed by atoms with Gasteiger partial charge in [-0.25, -0.2) is 0 Å². The van der Waals surface area contributed by atoms with Crippen molar-refractivity contribution in [1.29, 1.82) is 0 Å². The molecule has 0 bridgehead atoms. The Kier molecular flexibility index (Phi) is 2.54. The van der Waals surface area contributed by atoms with Gasteiger partial charge >= 0.3 is 12.1 Å². The van der Waals surface area contributed by atoms with Crippen molar-refractivity contribution >= 4 is 0 Å². The summed E-state index contributed by atoms with van der Waals surface area (Å²) in [7, 11) is 1.56. The van der Waals surface area contributed by atoms with Crippen molar-refractivity contribution in [2.45, 2.75) is 37.4 Å². The van der Waals surface area contributed by atoms with Crippen LogP contribution in [0.5, 0.6) is 0 Å². The van der Waals surface area contributed by atoms with Gasteiger partial charge in [-0.2, -0.15) is 22.0 Å². The fraction of sp³-hybridized carbons (Fsp3) is 1.00. The molecule has 0 aromatic carbocycles. The van der Waals surface area contributed by atoms with Crippen LogP contribution in [-0.4, -0.2) is 24.7 Å². The molecule has 0 radical (unpaired) electrons. The van der Waals surface area contributed by atoms with Gasteiger partial charge in [0.2, 0.25) is 0 Å². The van der Waals surface area contributed by atoms with Gasteiger partial charge in [0.15, 0.2) is 0 Å². The molecule has 1 N–H and O–H groups in total. The lowest BCUT2D eigenvalue weighted by Gasteiger charge is -2.48. The monoisotopic (exact) mass is 217 g/mol. The first-order valence-electron chi connectivity index (χ1n) is 4.26. The summed E-state index contributed by atoms with van der Waals surface area (Å²) in [6.45, 7) is 1.63. The molecule has 0 spiro atoms. The van der Waals surface area contributed by atoms with E-state index in [1.54, 1.807) is 14.0 Å². The Morgan fingerprint density at radius 3 is 1.86 bits per heavy atom. The molecule has 14 heavy (non-hydrogen) atoms. The Morgan fingerprint density at radius 1 is 1.14 bits per heavy atom. The van der Waals surface area contributed by atoms with Crippen LogP contribution in [0.25, 0.3) is 0 Å². The lowest BCUT2D eigenvalue weighted by molar-refractivity contribution is -0.316. The second kappa shape index (κ2) is 3.05. The molecule has 0 saturated heterocycles. The van der Waals surface area contributed by atoms with Gasteiger partial charge in [-0.1, -0.05) is 0 Å². The Hall–Kier alpha value is -0.390. The largest absolute Gasteiger partial charge is 0.453 e. The molecule has 84 valence electrons. The van der Waals surface area contributed by atoms with Crippen LogP contribution in [0.2, 0.25) is 0 Å². The predicted molar refractivity (Wildman–Crippen MR) is 41.2 cm³/mol. The number of halogens is 5. The van der Waals surface area contributed by atoms with Crippen molar-refractivity contribution in [2.75, 3.05) is 7.05 Å². The number of nitrogens with one attached hydrogen (secondary N) is 1. The number of hydrogen-bond acceptors (Lipinski definition) is 1. The molecule has 1 aliphatic carbocycles. The maximum absolute atomic E-state index is 12.7. The van der Waals surface area contributed by atoms with Crippen LogP contribution in [0.1, 0.15) is 19.8 Å². The smallest absolute Gasteiger partial charge is 0.315 e. The topological polar surface area (TPSA) is 12.0 Å². The highest BCUT2D eigenvalue weighted by Gasteiger charge is 2.66. The van der Waals surface area contributed by atoms with E-state index < -0.39 is 23.6 Å². The van der Waals surface area contributed by atoms with Crippen molar-refractivity contribution < 1.29 is 22.0 Å². The van der Waals surface area contributed by atoms with E-state index in [1.165, 1.54) is 0 Å². The molecule has 0 aliphatic heterocycles. The normalized spacial score (nSPS) is 34.1. The van der Waals surface area contributed by atoms with Gasteiger partial charge in [0.1, 0.15) is 0 Å². The van der Waals surface area contributed by atoms with Crippen LogP contribution in [-0.2, 0) is 0 Å². The summed E-state index contributed by atoms with van der Waals surface area (Å²) in [5, 5.41) is 2.73. The van der Waals surface area contributed by atoms with Crippen molar-refractivity contribution in [1.82, 2.24) is 5.32 Å². The van der Waals surface area contributed by atoms with E-state index in [1.807, 2.05) is 0 Å². The number of rotatable bonds is 2. The molecule has 1 saturated carbocycles. The summed E-state index contributed by atoms with van der Waals surface area (Å²) in [4.78, 5) is 0. The van der Waals surface area contributed by atoms with Gasteiger partial charge in [0, 0.05) is 11.5 Å². The minimum atomic E-state index is -5.42. The second-order valence-corrected chi connectivity index (χ2v) is 4.04. The Balaban J connectivity index is 2.63. The van der Waals surface area contributed by atoms with Crippen molar-refractivity contribution in [3.63, 3.8) is 0 Å². The fourth-order valence-corrected chi connectivity index (χ4v) is 1.72. The predicted octanol–water partition coefficient (Wildman–Crippen LogP) is 2.57. The fourth-order valence-electron chi connectivity index (χ4n) is 1.72. The van der Waals surface area contributed by atoms with E-state index in [9.17, 15) is 22.0 Å². The maximum atomic E-state index is 12.7. The first-order chi connectivity index (χ1) is 6.12. The van der Waals surface area contributed by atoms with Crippen LogP contribution in [0, 0.1) is 5.92 Å². The summed E-state index contributed by atoms with van der Waals surface area (Å²) < 4.78 is 61.1. The highest BCUT2D eigenvalue weighted by Crippen LogP contribution is 2.52. The molecule has 1 aliphatic rings. The Bertz CT molecular complexity index is 216. The lowest BCUT2D eigenvalue weighted by Crippen LogP contribution is -2.59. The molecule has 1 rings (SSSR count). The van der Waals surface area contributed by atoms with Gasteiger partial charge in [-0.3, -0.25) is 0 Å². The van der Waals surface area contributed by atoms with E-state index in [2.05, 4.69) is 5.32 Å². The highest BCUT2D eigenvalue weighted by atomic mass is 19.4. The van der Waals surface area contributed by atoms with Gasteiger partial charge < -0.3 is 5.32 Å². The first-order valence-corrected chi connectivity index (χ1v) is 4.26. The van der Waals surface area contributed by atoms with E-state index in [0.29, 0.717) is 0 Å². The van der Waals surface area contributed by atoms with Crippen LogP contribution < -0.4 is 5.32 Å². The third-order valence-corrected chi connectivity index (χ3v) is 2.89. The number of hydrogen-bond donors (Lipinski definition) is 1. The zero-order valence-corrected chi connectivity index (χ0v) is 7.88. The summed E-state index contributed by atoms with van der Waals surface area (Å²) in [6, 6.07) is 0. The molecule has 0 atom stereocenters. The molecule has 0 unspecified atom stereocenters. The van der Waals surface area contributed by atoms with Gasteiger partial charge in [0.05, 0.1) is 0 Å². The highest BCUT2D eigenvalue weighted by molar-refractivity contribution is 5.03. The summed E-state index contributed by atoms with van der Waals surface area (Å²) in [6.07, 6.45) is -5.71. The van der Waals surface area contributed by atoms with Crippen LogP contribution >= 0.6 is 0 Å². The second-order valence-electron chi connectivity index (χ2n) is 4.04. The molecule has 6 heteroatoms. The summed E-state index contributed by atoms with van der Waals surface area (Å²) in [5.41, 5.74) is -0.570. The van der Waals surface area contributed by atoms with Crippen LogP contribution in [0.15, 0.2) is 0 Å². The molecule has 0 aromatic heterocycles. The minimum absolute atomic E-state index is 0.143. The van der Waals surface area contributed by atoms with E-state index in [4.69, 9.17) is 0 Å². The zero-order valence-electron chi connectivity index (χ0n) is 7.88. The van der Waals surface area contributed by atoms with Gasteiger partial charge in [-0.15, -0.1) is 0 Å². The van der Waals surface area contributed by atoms with Crippen LogP contribution in [0.3, 0.4) is 0 Å². The molecule has 0 amide bonds. The minimum Gasteiger partial charge on any atom is -0.315 e. The lowest BCUT2D eigenvalue weighted by atomic mass is 9.66. The Morgan fingerprint density at radius 2 is 1.57 bits per heavy atom. The van der Waals surface area contributed by atoms with Crippen molar-refractivity contribution in [2.24, 2.45) is 5.92 Å². The van der Waals surface area contributed by atoms with Crippen LogP contribution in [0.4, 0.5) is 22.0 Å². The summed E-state index contributed by atoms with van der Waals surface area (Å²) in [5.74, 6) is -6.14. The average Bonchev–Trinajstić information content (AvgIpc) is 1.96. The van der Waals surface area contributed by atoms with Crippen molar-refractivity contribution in [3.8, 4) is 0 Å². The molecule has 0 heterocycles. The third-order valence-electron chi connectivity index (χ3n) is 2.89. The van der Waals surface area contributed by atoms with E-state index in [0.717, 1.165) is 0 Å². The summed E-state index contributed by atoms with van der Waals surface area (Å²) >= 11 is 0. The molecule has 1 fully saturated rings. The van der Waals surface area contributed by atoms with Gasteiger partial charge in [0.25, 0.3) is 0 Å². The quantitative estimate of drug-likeness (QED) is 0.701. The average molecular weight is 217 g/mol.